The van der Waals surface area contributed by atoms with E-state index in [-0.39, 0.29) is 12.1 Å². The molecule has 2 amide bonds. The highest BCUT2D eigenvalue weighted by atomic mass is 16.5. The Morgan fingerprint density at radius 3 is 2.57 bits per heavy atom. The van der Waals surface area contributed by atoms with Gasteiger partial charge in [0.25, 0.3) is 0 Å². The van der Waals surface area contributed by atoms with Crippen molar-refractivity contribution in [3.8, 4) is 0 Å². The van der Waals surface area contributed by atoms with Gasteiger partial charge < -0.3 is 15.0 Å². The number of methoxy groups -OCH3 is 1. The van der Waals surface area contributed by atoms with Gasteiger partial charge in [-0.25, -0.2) is 9.59 Å². The number of esters is 1. The van der Waals surface area contributed by atoms with E-state index in [1.165, 1.54) is 12.0 Å². The molecule has 1 N–H and O–H groups in total. The van der Waals surface area contributed by atoms with Crippen molar-refractivity contribution in [2.45, 2.75) is 32.4 Å². The summed E-state index contributed by atoms with van der Waals surface area (Å²) in [5.74, 6) is -0.401. The van der Waals surface area contributed by atoms with Crippen LogP contribution in [0.15, 0.2) is 0 Å². The number of carbonyl (C=O) groups is 2. The van der Waals surface area contributed by atoms with E-state index in [9.17, 15) is 9.59 Å². The molecule has 1 aliphatic heterocycles. The smallest absolute Gasteiger partial charge is 0.331 e. The summed E-state index contributed by atoms with van der Waals surface area (Å²) in [6, 6.07) is -0.140. The molecule has 0 aromatic carbocycles. The molecule has 5 nitrogen and oxygen atoms in total. The highest BCUT2D eigenvalue weighted by Crippen LogP contribution is 2.20. The quantitative estimate of drug-likeness (QED) is 0.654. The van der Waals surface area contributed by atoms with Gasteiger partial charge in [0.15, 0.2) is 0 Å². The Hall–Kier alpha value is -1.26. The van der Waals surface area contributed by atoms with E-state index >= 15 is 0 Å². The predicted molar refractivity (Wildman–Crippen MR) is 50.8 cm³/mol. The van der Waals surface area contributed by atoms with Gasteiger partial charge in [0.1, 0.15) is 5.54 Å². The van der Waals surface area contributed by atoms with Gasteiger partial charge in [0.05, 0.1) is 7.11 Å². The summed E-state index contributed by atoms with van der Waals surface area (Å²) in [6.07, 6.45) is 0. The van der Waals surface area contributed by atoms with Crippen LogP contribution in [-0.2, 0) is 9.53 Å². The molecular formula is C9H16N2O3. The molecule has 1 aliphatic rings. The number of amides is 2. The zero-order valence-corrected chi connectivity index (χ0v) is 8.96. The van der Waals surface area contributed by atoms with Gasteiger partial charge in [-0.2, -0.15) is 0 Å². The summed E-state index contributed by atoms with van der Waals surface area (Å²) in [4.78, 5) is 24.4. The van der Waals surface area contributed by atoms with Crippen molar-refractivity contribution in [3.63, 3.8) is 0 Å². The van der Waals surface area contributed by atoms with Crippen molar-refractivity contribution in [2.24, 2.45) is 0 Å². The molecule has 0 radical (unpaired) electrons. The van der Waals surface area contributed by atoms with E-state index in [4.69, 9.17) is 0 Å². The van der Waals surface area contributed by atoms with Crippen LogP contribution >= 0.6 is 0 Å². The third kappa shape index (κ3) is 1.66. The second-order valence-corrected chi connectivity index (χ2v) is 4.01. The summed E-state index contributed by atoms with van der Waals surface area (Å²) < 4.78 is 4.65. The number of nitrogens with zero attached hydrogens (tertiary/aromatic N) is 1. The molecule has 14 heavy (non-hydrogen) atoms. The Bertz CT molecular complexity index is 263. The molecule has 1 atom stereocenters. The Labute approximate surface area is 83.4 Å². The highest BCUT2D eigenvalue weighted by molar-refractivity contribution is 5.87. The van der Waals surface area contributed by atoms with Gasteiger partial charge in [-0.15, -0.1) is 0 Å². The molecule has 0 spiro atoms. The lowest BCUT2D eigenvalue weighted by Gasteiger charge is -2.31. The molecule has 0 aliphatic carbocycles. The minimum atomic E-state index is -0.899. The maximum absolute atomic E-state index is 11.5. The third-order valence-corrected chi connectivity index (χ3v) is 2.43. The van der Waals surface area contributed by atoms with E-state index in [0.717, 1.165) is 0 Å². The van der Waals surface area contributed by atoms with Gasteiger partial charge in [-0.1, -0.05) is 0 Å². The van der Waals surface area contributed by atoms with E-state index in [1.54, 1.807) is 13.8 Å². The van der Waals surface area contributed by atoms with Crippen LogP contribution in [0.5, 0.6) is 0 Å². The van der Waals surface area contributed by atoms with E-state index < -0.39 is 11.5 Å². The van der Waals surface area contributed by atoms with Gasteiger partial charge >= 0.3 is 12.0 Å². The van der Waals surface area contributed by atoms with Crippen LogP contribution < -0.4 is 5.32 Å². The maximum Gasteiger partial charge on any atom is 0.331 e. The van der Waals surface area contributed by atoms with Crippen molar-refractivity contribution in [2.75, 3.05) is 13.7 Å². The van der Waals surface area contributed by atoms with E-state index in [2.05, 4.69) is 10.1 Å². The number of nitrogens with one attached hydrogen (secondary N) is 1. The number of rotatable bonds is 2. The number of hydrogen-bond acceptors (Lipinski definition) is 3. The number of ether oxygens (including phenoxy) is 1. The first-order valence-electron chi connectivity index (χ1n) is 4.56. The molecule has 1 heterocycles. The summed E-state index contributed by atoms with van der Waals surface area (Å²) in [5, 5.41) is 2.73. The zero-order valence-electron chi connectivity index (χ0n) is 8.96. The molecular weight excluding hydrogens is 184 g/mol. The first-order chi connectivity index (χ1) is 6.39. The minimum Gasteiger partial charge on any atom is -0.467 e. The Morgan fingerprint density at radius 2 is 2.21 bits per heavy atom. The molecule has 5 heteroatoms. The topological polar surface area (TPSA) is 58.6 Å². The highest BCUT2D eigenvalue weighted by Gasteiger charge is 2.42. The first-order valence-corrected chi connectivity index (χ1v) is 4.56. The fraction of sp³-hybridized carbons (Fsp3) is 0.778. The normalized spacial score (nSPS) is 22.1. The second-order valence-electron chi connectivity index (χ2n) is 4.01. The third-order valence-electron chi connectivity index (χ3n) is 2.43. The molecule has 80 valence electrons. The predicted octanol–water partition coefficient (Wildman–Crippen LogP) is 0.352. The van der Waals surface area contributed by atoms with Gasteiger partial charge in [-0.3, -0.25) is 0 Å². The molecule has 0 saturated carbocycles. The first kappa shape index (κ1) is 10.8. The lowest BCUT2D eigenvalue weighted by molar-refractivity contribution is -0.151. The average molecular weight is 200 g/mol. The fourth-order valence-electron chi connectivity index (χ4n) is 1.53. The second kappa shape index (κ2) is 3.48. The largest absolute Gasteiger partial charge is 0.467 e. The Balaban J connectivity index is 2.82. The van der Waals surface area contributed by atoms with Crippen molar-refractivity contribution < 1.29 is 14.3 Å². The molecule has 0 aromatic heterocycles. The molecule has 1 saturated heterocycles. The van der Waals surface area contributed by atoms with Crippen molar-refractivity contribution in [1.29, 1.82) is 0 Å². The zero-order chi connectivity index (χ0) is 10.9. The van der Waals surface area contributed by atoms with Crippen molar-refractivity contribution in [1.82, 2.24) is 10.2 Å². The molecule has 0 bridgehead atoms. The van der Waals surface area contributed by atoms with Crippen LogP contribution in [0.4, 0.5) is 4.79 Å². The lowest BCUT2D eigenvalue weighted by atomic mass is 10.0. The number of carbonyl (C=O) groups excluding carboxylic acids is 2. The van der Waals surface area contributed by atoms with Crippen LogP contribution in [0.3, 0.4) is 0 Å². The van der Waals surface area contributed by atoms with Gasteiger partial charge in [0.2, 0.25) is 0 Å². The van der Waals surface area contributed by atoms with Crippen molar-refractivity contribution >= 4 is 12.0 Å². The van der Waals surface area contributed by atoms with Gasteiger partial charge in [0, 0.05) is 12.6 Å². The maximum atomic E-state index is 11.5. The van der Waals surface area contributed by atoms with Crippen molar-refractivity contribution in [3.05, 3.63) is 0 Å². The Kier molecular flexibility index (Phi) is 2.69. The standard InChI is InChI=1S/C9H16N2O3/c1-6-5-11(8(13)10-6)9(2,3)7(12)14-4/h6H,5H2,1-4H3,(H,10,13). The van der Waals surface area contributed by atoms with Crippen LogP contribution in [0.25, 0.3) is 0 Å². The van der Waals surface area contributed by atoms with Crippen LogP contribution in [0.2, 0.25) is 0 Å². The summed E-state index contributed by atoms with van der Waals surface area (Å²) >= 11 is 0. The molecule has 1 fully saturated rings. The Morgan fingerprint density at radius 1 is 1.64 bits per heavy atom. The fourth-order valence-corrected chi connectivity index (χ4v) is 1.53. The monoisotopic (exact) mass is 200 g/mol. The van der Waals surface area contributed by atoms with E-state index in [1.807, 2.05) is 6.92 Å². The minimum absolute atomic E-state index is 0.0754. The number of hydrogen-bond donors (Lipinski definition) is 1. The summed E-state index contributed by atoms with van der Waals surface area (Å²) in [5.41, 5.74) is -0.899. The van der Waals surface area contributed by atoms with Crippen LogP contribution in [0.1, 0.15) is 20.8 Å². The average Bonchev–Trinajstić information content (AvgIpc) is 2.44. The SMILES string of the molecule is COC(=O)C(C)(C)N1CC(C)NC1=O. The van der Waals surface area contributed by atoms with E-state index in [0.29, 0.717) is 6.54 Å². The van der Waals surface area contributed by atoms with Crippen LogP contribution in [0, 0.1) is 0 Å². The van der Waals surface area contributed by atoms with Crippen LogP contribution in [-0.4, -0.2) is 42.1 Å². The lowest BCUT2D eigenvalue weighted by Crippen LogP contribution is -2.52. The molecule has 0 aromatic rings. The molecule has 1 rings (SSSR count). The summed E-state index contributed by atoms with van der Waals surface area (Å²) in [6.45, 7) is 5.78. The van der Waals surface area contributed by atoms with Gasteiger partial charge in [-0.05, 0) is 20.8 Å². The molecule has 1 unspecified atom stereocenters. The number of urea groups is 1. The summed E-state index contributed by atoms with van der Waals surface area (Å²) in [7, 11) is 1.32.